The van der Waals surface area contributed by atoms with Gasteiger partial charge in [-0.15, -0.1) is 11.8 Å². The fourth-order valence-corrected chi connectivity index (χ4v) is 5.73. The molecule has 0 unspecified atom stereocenters. The van der Waals surface area contributed by atoms with Crippen LogP contribution in [0.3, 0.4) is 0 Å². The highest BCUT2D eigenvalue weighted by Gasteiger charge is 2.32. The van der Waals surface area contributed by atoms with E-state index in [0.717, 1.165) is 21.7 Å². The molecule has 3 atom stereocenters. The van der Waals surface area contributed by atoms with Crippen LogP contribution in [0.2, 0.25) is 0 Å². The number of ether oxygens (including phenoxy) is 2. The van der Waals surface area contributed by atoms with Gasteiger partial charge in [-0.25, -0.2) is 4.98 Å². The Labute approximate surface area is 261 Å². The van der Waals surface area contributed by atoms with Crippen LogP contribution in [-0.2, 0) is 25.7 Å². The Hall–Kier alpha value is -4.22. The molecule has 1 saturated heterocycles. The number of nitrogen functional groups attached to an aromatic ring is 1. The van der Waals surface area contributed by atoms with E-state index in [1.165, 1.54) is 0 Å². The van der Waals surface area contributed by atoms with E-state index in [2.05, 4.69) is 15.6 Å². The highest BCUT2D eigenvalue weighted by atomic mass is 32.2. The highest BCUT2D eigenvalue weighted by Crippen LogP contribution is 2.39. The van der Waals surface area contributed by atoms with E-state index in [-0.39, 0.29) is 43.5 Å². The van der Waals surface area contributed by atoms with E-state index in [0.29, 0.717) is 35.7 Å². The van der Waals surface area contributed by atoms with Crippen LogP contribution >= 0.6 is 11.8 Å². The molecule has 4 aromatic rings. The third kappa shape index (κ3) is 8.90. The van der Waals surface area contributed by atoms with Gasteiger partial charge in [0.2, 0.25) is 11.8 Å². The second kappa shape index (κ2) is 15.5. The molecule has 1 aromatic heterocycles. The van der Waals surface area contributed by atoms with Gasteiger partial charge in [-0.05, 0) is 53.9 Å². The van der Waals surface area contributed by atoms with Crippen molar-refractivity contribution < 1.29 is 24.2 Å². The number of nitrogens with two attached hydrogens (primary N) is 1. The minimum absolute atomic E-state index is 0.0184. The number of hydrogen-bond donors (Lipinski definition) is 4. The normalized spacial score (nSPS) is 18.0. The van der Waals surface area contributed by atoms with Crippen LogP contribution in [0.4, 0.5) is 17.1 Å². The molecule has 2 amide bonds. The predicted molar refractivity (Wildman–Crippen MR) is 172 cm³/mol. The predicted octanol–water partition coefficient (Wildman–Crippen LogP) is 6.24. The monoisotopic (exact) mass is 612 g/mol. The molecule has 9 nitrogen and oxygen atoms in total. The Morgan fingerprint density at radius 1 is 0.886 bits per heavy atom. The zero-order chi connectivity index (χ0) is 30.7. The van der Waals surface area contributed by atoms with Crippen molar-refractivity contribution in [1.29, 1.82) is 0 Å². The van der Waals surface area contributed by atoms with Crippen molar-refractivity contribution in [3.05, 3.63) is 114 Å². The Morgan fingerprint density at radius 2 is 1.66 bits per heavy atom. The van der Waals surface area contributed by atoms with Crippen molar-refractivity contribution in [2.24, 2.45) is 0 Å². The standard InChI is InChI=1S/C34H36N4O5S/c35-28-9-1-2-10-29(28)38-32(41)12-6-11-31(40)37-26-8-5-7-25(19-26)34-42-27(22-44-33-13-3-4-18-36-33)20-30(43-34)24-16-14-23(21-39)15-17-24/h1-5,7-10,13-19,27,30,34,39H,6,11-12,20-22,35H2,(H,37,40)(H,38,41)/t27-,30+,34+/m1/s1. The molecule has 2 heterocycles. The van der Waals surface area contributed by atoms with Gasteiger partial charge in [0, 0.05) is 42.5 Å². The first-order valence-corrected chi connectivity index (χ1v) is 15.5. The molecule has 5 N–H and O–H groups in total. The van der Waals surface area contributed by atoms with Gasteiger partial charge in [-0.3, -0.25) is 9.59 Å². The molecule has 3 aromatic carbocycles. The first kappa shape index (κ1) is 31.2. The number of pyridine rings is 1. The minimum atomic E-state index is -0.647. The molecule has 5 rings (SSSR count). The van der Waals surface area contributed by atoms with E-state index in [4.69, 9.17) is 15.2 Å². The third-order valence-electron chi connectivity index (χ3n) is 7.15. The number of aliphatic hydroxyl groups is 1. The summed E-state index contributed by atoms with van der Waals surface area (Å²) < 4.78 is 12.9. The number of amides is 2. The number of aromatic nitrogens is 1. The SMILES string of the molecule is Nc1ccccc1NC(=O)CCCC(=O)Nc1cccc([C@H]2O[C@@H](CSc3ccccn3)C[C@@H](c3ccc(CO)cc3)O2)c1. The number of para-hydroxylation sites is 2. The van der Waals surface area contributed by atoms with Gasteiger partial charge >= 0.3 is 0 Å². The number of thioether (sulfide) groups is 1. The fraction of sp³-hybridized carbons (Fsp3) is 0.265. The first-order chi connectivity index (χ1) is 21.5. The van der Waals surface area contributed by atoms with E-state index < -0.39 is 6.29 Å². The molecular weight excluding hydrogens is 576 g/mol. The largest absolute Gasteiger partial charge is 0.397 e. The van der Waals surface area contributed by atoms with Gasteiger partial charge in [0.25, 0.3) is 0 Å². The van der Waals surface area contributed by atoms with Crippen molar-refractivity contribution in [3.8, 4) is 0 Å². The summed E-state index contributed by atoms with van der Waals surface area (Å²) in [5, 5.41) is 16.1. The molecule has 10 heteroatoms. The second-order valence-electron chi connectivity index (χ2n) is 10.5. The molecule has 1 aliphatic heterocycles. The highest BCUT2D eigenvalue weighted by molar-refractivity contribution is 7.99. The van der Waals surface area contributed by atoms with Crippen LogP contribution in [0.5, 0.6) is 0 Å². The van der Waals surface area contributed by atoms with E-state index in [1.807, 2.05) is 66.7 Å². The van der Waals surface area contributed by atoms with Gasteiger partial charge in [0.15, 0.2) is 6.29 Å². The molecule has 0 saturated carbocycles. The van der Waals surface area contributed by atoms with E-state index in [9.17, 15) is 14.7 Å². The maximum atomic E-state index is 12.7. The van der Waals surface area contributed by atoms with Crippen LogP contribution in [0.25, 0.3) is 0 Å². The first-order valence-electron chi connectivity index (χ1n) is 14.6. The maximum absolute atomic E-state index is 12.7. The Morgan fingerprint density at radius 3 is 2.41 bits per heavy atom. The van der Waals surface area contributed by atoms with Gasteiger partial charge in [-0.1, -0.05) is 54.6 Å². The van der Waals surface area contributed by atoms with E-state index in [1.54, 1.807) is 42.2 Å². The summed E-state index contributed by atoms with van der Waals surface area (Å²) >= 11 is 1.63. The number of aliphatic hydroxyl groups excluding tert-OH is 1. The summed E-state index contributed by atoms with van der Waals surface area (Å²) in [5.74, 6) is 0.315. The number of carbonyl (C=O) groups excluding carboxylic acids is 2. The number of nitrogens with one attached hydrogen (secondary N) is 2. The topological polar surface area (TPSA) is 136 Å². The smallest absolute Gasteiger partial charge is 0.224 e. The summed E-state index contributed by atoms with van der Waals surface area (Å²) in [7, 11) is 0. The minimum Gasteiger partial charge on any atom is -0.397 e. The third-order valence-corrected chi connectivity index (χ3v) is 8.23. The molecule has 1 fully saturated rings. The van der Waals surface area contributed by atoms with E-state index >= 15 is 0 Å². The summed E-state index contributed by atoms with van der Waals surface area (Å²) in [6.45, 7) is -0.0184. The van der Waals surface area contributed by atoms with Crippen molar-refractivity contribution in [2.45, 2.75) is 55.8 Å². The number of nitrogens with zero attached hydrogens (tertiary/aromatic N) is 1. The molecular formula is C34H36N4O5S. The van der Waals surface area contributed by atoms with Crippen LogP contribution in [0.1, 0.15) is 54.8 Å². The molecule has 0 spiro atoms. The lowest BCUT2D eigenvalue weighted by Gasteiger charge is -2.36. The quantitative estimate of drug-likeness (QED) is 0.109. The zero-order valence-corrected chi connectivity index (χ0v) is 25.0. The fourth-order valence-electron chi connectivity index (χ4n) is 4.85. The Bertz CT molecular complexity index is 1540. The van der Waals surface area contributed by atoms with Crippen LogP contribution < -0.4 is 16.4 Å². The van der Waals surface area contributed by atoms with Crippen LogP contribution in [-0.4, -0.2) is 33.8 Å². The van der Waals surface area contributed by atoms with Crippen molar-refractivity contribution in [3.63, 3.8) is 0 Å². The molecule has 44 heavy (non-hydrogen) atoms. The van der Waals surface area contributed by atoms with Crippen molar-refractivity contribution >= 4 is 40.6 Å². The number of hydrogen-bond acceptors (Lipinski definition) is 8. The molecule has 0 aliphatic carbocycles. The van der Waals surface area contributed by atoms with Crippen molar-refractivity contribution in [2.75, 3.05) is 22.1 Å². The summed E-state index contributed by atoms with van der Waals surface area (Å²) in [5.41, 5.74) is 10.2. The number of rotatable bonds is 12. The average molecular weight is 613 g/mol. The van der Waals surface area contributed by atoms with Crippen LogP contribution in [0.15, 0.2) is 102 Å². The van der Waals surface area contributed by atoms with Crippen molar-refractivity contribution in [1.82, 2.24) is 4.98 Å². The summed E-state index contributed by atoms with van der Waals surface area (Å²) in [6.07, 6.45) is 2.25. The lowest BCUT2D eigenvalue weighted by atomic mass is 10.0. The number of carbonyl (C=O) groups is 2. The molecule has 0 bridgehead atoms. The Balaban J connectivity index is 1.20. The van der Waals surface area contributed by atoms with Crippen LogP contribution in [0, 0.1) is 0 Å². The average Bonchev–Trinajstić information content (AvgIpc) is 3.05. The maximum Gasteiger partial charge on any atom is 0.224 e. The van der Waals surface area contributed by atoms with Gasteiger partial charge in [0.05, 0.1) is 35.2 Å². The summed E-state index contributed by atoms with van der Waals surface area (Å²) in [4.78, 5) is 29.4. The molecule has 228 valence electrons. The zero-order valence-electron chi connectivity index (χ0n) is 24.2. The molecule has 1 aliphatic rings. The molecule has 0 radical (unpaired) electrons. The number of anilines is 3. The van der Waals surface area contributed by atoms with Gasteiger partial charge < -0.3 is 30.9 Å². The van der Waals surface area contributed by atoms with Gasteiger partial charge in [-0.2, -0.15) is 0 Å². The lowest BCUT2D eigenvalue weighted by Crippen LogP contribution is -2.31. The van der Waals surface area contributed by atoms with Gasteiger partial charge in [0.1, 0.15) is 0 Å². The number of benzene rings is 3. The second-order valence-corrected chi connectivity index (χ2v) is 11.5. The summed E-state index contributed by atoms with van der Waals surface area (Å²) in [6, 6.07) is 28.1. The Kier molecular flexibility index (Phi) is 11.0. The lowest BCUT2D eigenvalue weighted by molar-refractivity contribution is -0.245.